The molecule has 2 atom stereocenters. The van der Waals surface area contributed by atoms with E-state index in [2.05, 4.69) is 15.3 Å². The Bertz CT molecular complexity index is 1190. The fourth-order valence-electron chi connectivity index (χ4n) is 3.53. The molecule has 0 aliphatic heterocycles. The molecule has 0 saturated carbocycles. The number of unbranched alkanes of at least 4 members (excludes halogenated alkanes) is 1. The van der Waals surface area contributed by atoms with E-state index in [0.29, 0.717) is 29.1 Å². The highest BCUT2D eigenvalue weighted by Gasteiger charge is 2.22. The first-order valence-corrected chi connectivity index (χ1v) is 14.1. The third kappa shape index (κ3) is 9.17. The summed E-state index contributed by atoms with van der Waals surface area (Å²) in [4.78, 5) is 20.9. The Morgan fingerprint density at radius 3 is 2.41 bits per heavy atom. The maximum atomic E-state index is 13.6. The van der Waals surface area contributed by atoms with Crippen LogP contribution in [-0.4, -0.2) is 66.6 Å². The Balaban J connectivity index is 2.40. The van der Waals surface area contributed by atoms with E-state index in [4.69, 9.17) is 0 Å². The first-order valence-electron chi connectivity index (χ1n) is 12.3. The van der Waals surface area contributed by atoms with E-state index in [1.807, 2.05) is 20.8 Å². The molecule has 1 amide bonds. The lowest BCUT2D eigenvalue weighted by Gasteiger charge is -2.20. The Morgan fingerprint density at radius 1 is 1.19 bits per heavy atom. The lowest BCUT2D eigenvalue weighted by molar-refractivity contribution is -0.123. The molecule has 0 saturated heterocycles. The van der Waals surface area contributed by atoms with Crippen LogP contribution in [0.1, 0.15) is 63.6 Å². The van der Waals surface area contributed by atoms with Crippen LogP contribution in [0.3, 0.4) is 0 Å². The van der Waals surface area contributed by atoms with Gasteiger partial charge in [-0.25, -0.2) is 27.1 Å². The number of sulfonamides is 1. The number of aliphatic hydroxyl groups excluding tert-OH is 2. The first kappa shape index (κ1) is 30.3. The van der Waals surface area contributed by atoms with Crippen LogP contribution >= 0.6 is 0 Å². The van der Waals surface area contributed by atoms with Crippen LogP contribution in [0.25, 0.3) is 17.3 Å². The molecule has 0 unspecified atom stereocenters. The predicted octanol–water partition coefficient (Wildman–Crippen LogP) is 3.23. The van der Waals surface area contributed by atoms with Gasteiger partial charge >= 0.3 is 0 Å². The number of hydrogen-bond donors (Lipinski definition) is 3. The minimum atomic E-state index is -3.64. The molecule has 204 valence electrons. The Hall–Kier alpha value is -2.89. The number of carbonyl (C=O) groups excluding carboxylic acids is 1. The van der Waals surface area contributed by atoms with Gasteiger partial charge in [-0.1, -0.05) is 39.3 Å². The highest BCUT2D eigenvalue weighted by molar-refractivity contribution is 7.92. The van der Waals surface area contributed by atoms with E-state index >= 15 is 0 Å². The predicted molar refractivity (Wildman–Crippen MR) is 143 cm³/mol. The van der Waals surface area contributed by atoms with Crippen molar-refractivity contribution in [3.63, 3.8) is 0 Å². The lowest BCUT2D eigenvalue weighted by atomic mass is 9.97. The summed E-state index contributed by atoms with van der Waals surface area (Å²) in [5, 5.41) is 23.5. The molecule has 1 aromatic carbocycles. The zero-order chi connectivity index (χ0) is 27.8. The summed E-state index contributed by atoms with van der Waals surface area (Å²) in [6.07, 6.45) is 3.62. The van der Waals surface area contributed by atoms with Crippen LogP contribution in [-0.2, 0) is 14.8 Å². The van der Waals surface area contributed by atoms with Gasteiger partial charge in [-0.15, -0.1) is 0 Å². The van der Waals surface area contributed by atoms with Crippen LogP contribution in [0.2, 0.25) is 0 Å². The van der Waals surface area contributed by atoms with Crippen molar-refractivity contribution in [3.05, 3.63) is 47.4 Å². The normalized spacial score (nSPS) is 13.6. The van der Waals surface area contributed by atoms with Gasteiger partial charge in [0.1, 0.15) is 5.82 Å². The largest absolute Gasteiger partial charge is 0.392 e. The number of benzene rings is 1. The third-order valence-electron chi connectivity index (χ3n) is 5.68. The number of rotatable bonds is 13. The standard InChI is InChI=1S/C26H37FN4O5S/c1-6-7-14-28-23(34)16-21(33)15-20(32)12-13-22-24(17(2)3)29-26(31(4)37(5,35)36)30-25(22)18-8-10-19(27)11-9-18/h8-13,17,20-21,32-33H,6-7,14-16H2,1-5H3,(H,28,34)/t20-,21-/m1/s1. The van der Waals surface area contributed by atoms with Gasteiger partial charge in [-0.3, -0.25) is 4.79 Å². The molecule has 0 fully saturated rings. The number of aliphatic hydroxyl groups is 2. The van der Waals surface area contributed by atoms with Gasteiger partial charge in [0, 0.05) is 31.1 Å². The molecule has 11 heteroatoms. The fraction of sp³-hybridized carbons (Fsp3) is 0.500. The van der Waals surface area contributed by atoms with E-state index in [1.165, 1.54) is 37.4 Å². The van der Waals surface area contributed by atoms with Crippen molar-refractivity contribution in [3.8, 4) is 11.3 Å². The van der Waals surface area contributed by atoms with Crippen molar-refractivity contribution < 1.29 is 27.8 Å². The molecule has 9 nitrogen and oxygen atoms in total. The van der Waals surface area contributed by atoms with Crippen LogP contribution in [0.4, 0.5) is 10.3 Å². The molecule has 1 heterocycles. The van der Waals surface area contributed by atoms with Gasteiger partial charge in [0.2, 0.25) is 21.9 Å². The van der Waals surface area contributed by atoms with E-state index in [0.717, 1.165) is 23.4 Å². The van der Waals surface area contributed by atoms with E-state index in [9.17, 15) is 27.8 Å². The monoisotopic (exact) mass is 536 g/mol. The molecule has 2 rings (SSSR count). The molecule has 2 aromatic rings. The summed E-state index contributed by atoms with van der Waals surface area (Å²) in [5.41, 5.74) is 1.95. The summed E-state index contributed by atoms with van der Waals surface area (Å²) in [6.45, 7) is 6.32. The topological polar surface area (TPSA) is 133 Å². The van der Waals surface area contributed by atoms with Gasteiger partial charge in [0.25, 0.3) is 0 Å². The molecule has 37 heavy (non-hydrogen) atoms. The van der Waals surface area contributed by atoms with Crippen molar-refractivity contribution in [2.75, 3.05) is 24.2 Å². The first-order chi connectivity index (χ1) is 17.3. The number of nitrogens with one attached hydrogen (secondary N) is 1. The third-order valence-corrected chi connectivity index (χ3v) is 6.84. The molecule has 0 spiro atoms. The SMILES string of the molecule is CCCCNC(=O)C[C@H](O)C[C@H](O)C=Cc1c(-c2ccc(F)cc2)nc(N(C)S(C)(=O)=O)nc1C(C)C. The summed E-state index contributed by atoms with van der Waals surface area (Å²) >= 11 is 0. The number of aromatic nitrogens is 2. The second-order valence-corrected chi connectivity index (χ2v) is 11.3. The van der Waals surface area contributed by atoms with Gasteiger partial charge in [-0.2, -0.15) is 0 Å². The van der Waals surface area contributed by atoms with E-state index < -0.39 is 28.0 Å². The number of anilines is 1. The molecule has 1 aromatic heterocycles. The quantitative estimate of drug-likeness (QED) is 0.335. The zero-order valence-electron chi connectivity index (χ0n) is 22.0. The van der Waals surface area contributed by atoms with Crippen LogP contribution in [0, 0.1) is 5.82 Å². The molecule has 0 aliphatic rings. The Kier molecular flexibility index (Phi) is 11.1. The molecule has 0 aliphatic carbocycles. The minimum Gasteiger partial charge on any atom is -0.392 e. The summed E-state index contributed by atoms with van der Waals surface area (Å²) < 4.78 is 38.9. The fourth-order valence-corrected chi connectivity index (χ4v) is 3.91. The van der Waals surface area contributed by atoms with Crippen LogP contribution in [0.5, 0.6) is 0 Å². The maximum absolute atomic E-state index is 13.6. The van der Waals surface area contributed by atoms with Crippen molar-refractivity contribution in [2.45, 2.75) is 64.6 Å². The van der Waals surface area contributed by atoms with Gasteiger partial charge in [0.05, 0.1) is 36.3 Å². The number of amides is 1. The summed E-state index contributed by atoms with van der Waals surface area (Å²) in [6, 6.07) is 5.61. The van der Waals surface area contributed by atoms with Gasteiger partial charge in [0.15, 0.2) is 0 Å². The summed E-state index contributed by atoms with van der Waals surface area (Å²) in [7, 11) is -2.29. The molecule has 0 radical (unpaired) electrons. The van der Waals surface area contributed by atoms with Gasteiger partial charge in [-0.05, 0) is 36.6 Å². The van der Waals surface area contributed by atoms with Crippen molar-refractivity contribution in [1.82, 2.24) is 15.3 Å². The number of carbonyl (C=O) groups is 1. The highest BCUT2D eigenvalue weighted by atomic mass is 32.2. The maximum Gasteiger partial charge on any atom is 0.239 e. The van der Waals surface area contributed by atoms with Crippen LogP contribution in [0.15, 0.2) is 30.3 Å². The van der Waals surface area contributed by atoms with Crippen molar-refractivity contribution >= 4 is 28.0 Å². The van der Waals surface area contributed by atoms with Gasteiger partial charge < -0.3 is 15.5 Å². The average molecular weight is 537 g/mol. The molecular weight excluding hydrogens is 499 g/mol. The van der Waals surface area contributed by atoms with E-state index in [1.54, 1.807) is 6.08 Å². The number of hydrogen-bond acceptors (Lipinski definition) is 7. The minimum absolute atomic E-state index is 0.0345. The highest BCUT2D eigenvalue weighted by Crippen LogP contribution is 2.31. The average Bonchev–Trinajstić information content (AvgIpc) is 2.81. The summed E-state index contributed by atoms with van der Waals surface area (Å²) in [5.74, 6) is -0.900. The molecular formula is C26H37FN4O5S. The number of halogens is 1. The Morgan fingerprint density at radius 2 is 1.84 bits per heavy atom. The second-order valence-electron chi connectivity index (χ2n) is 9.29. The van der Waals surface area contributed by atoms with Crippen molar-refractivity contribution in [1.29, 1.82) is 0 Å². The smallest absolute Gasteiger partial charge is 0.239 e. The Labute approximate surface area is 218 Å². The molecule has 3 N–H and O–H groups in total. The zero-order valence-corrected chi connectivity index (χ0v) is 22.8. The second kappa shape index (κ2) is 13.6. The van der Waals surface area contributed by atoms with Crippen LogP contribution < -0.4 is 9.62 Å². The van der Waals surface area contributed by atoms with Crippen molar-refractivity contribution in [2.24, 2.45) is 0 Å². The lowest BCUT2D eigenvalue weighted by Crippen LogP contribution is -2.29. The molecule has 0 bridgehead atoms. The van der Waals surface area contributed by atoms with E-state index in [-0.39, 0.29) is 30.6 Å². The number of nitrogens with zero attached hydrogens (tertiary/aromatic N) is 3.